The van der Waals surface area contributed by atoms with Crippen LogP contribution in [0.15, 0.2) is 58.6 Å². The number of nitrogens with zero attached hydrogens (tertiary/aromatic N) is 4. The number of benzene rings is 2. The van der Waals surface area contributed by atoms with Crippen molar-refractivity contribution in [1.82, 2.24) is 19.1 Å². The van der Waals surface area contributed by atoms with Gasteiger partial charge >= 0.3 is 0 Å². The van der Waals surface area contributed by atoms with Crippen LogP contribution in [0.5, 0.6) is 0 Å². The molecule has 0 saturated heterocycles. The molecule has 0 unspecified atom stereocenters. The molecule has 0 atom stereocenters. The highest BCUT2D eigenvalue weighted by Crippen LogP contribution is 2.27. The summed E-state index contributed by atoms with van der Waals surface area (Å²) in [5.41, 5.74) is 1.85. The fourth-order valence-corrected chi connectivity index (χ4v) is 5.43. The number of aromatic nitrogens is 3. The van der Waals surface area contributed by atoms with Crippen molar-refractivity contribution < 1.29 is 8.42 Å². The van der Waals surface area contributed by atoms with Crippen molar-refractivity contribution in [1.29, 1.82) is 0 Å². The number of thioether (sulfide) groups is 1. The molecule has 0 amide bonds. The first kappa shape index (κ1) is 21.8. The molecule has 0 aliphatic carbocycles. The van der Waals surface area contributed by atoms with Gasteiger partial charge in [0, 0.05) is 36.5 Å². The van der Waals surface area contributed by atoms with Gasteiger partial charge in [0.1, 0.15) is 0 Å². The van der Waals surface area contributed by atoms with Crippen LogP contribution in [0.1, 0.15) is 19.4 Å². The summed E-state index contributed by atoms with van der Waals surface area (Å²) in [5.74, 6) is 1.36. The van der Waals surface area contributed by atoms with E-state index in [4.69, 9.17) is 11.6 Å². The van der Waals surface area contributed by atoms with Crippen LogP contribution in [0, 0.1) is 0 Å². The molecule has 0 fully saturated rings. The molecule has 0 spiro atoms. The Kier molecular flexibility index (Phi) is 7.00. The summed E-state index contributed by atoms with van der Waals surface area (Å²) in [6.07, 6.45) is 0. The molecule has 29 heavy (non-hydrogen) atoms. The predicted octanol–water partition coefficient (Wildman–Crippen LogP) is 4.46. The van der Waals surface area contributed by atoms with Crippen molar-refractivity contribution in [2.45, 2.75) is 29.7 Å². The summed E-state index contributed by atoms with van der Waals surface area (Å²) in [4.78, 5) is 0.261. The van der Waals surface area contributed by atoms with E-state index in [-0.39, 0.29) is 4.90 Å². The molecule has 3 aromatic rings. The first-order valence-electron chi connectivity index (χ1n) is 9.24. The van der Waals surface area contributed by atoms with Gasteiger partial charge in [-0.05, 0) is 29.8 Å². The maximum atomic E-state index is 12.8. The smallest absolute Gasteiger partial charge is 0.243 e. The fraction of sp³-hybridized carbons (Fsp3) is 0.300. The van der Waals surface area contributed by atoms with Gasteiger partial charge in [-0.3, -0.25) is 0 Å². The fourth-order valence-electron chi connectivity index (χ4n) is 2.93. The van der Waals surface area contributed by atoms with Gasteiger partial charge in [-0.15, -0.1) is 10.2 Å². The Morgan fingerprint density at radius 2 is 1.76 bits per heavy atom. The topological polar surface area (TPSA) is 68.1 Å². The summed E-state index contributed by atoms with van der Waals surface area (Å²) < 4.78 is 29.0. The normalized spacial score (nSPS) is 11.9. The minimum atomic E-state index is -3.53. The van der Waals surface area contributed by atoms with Crippen LogP contribution < -0.4 is 0 Å². The Hall–Kier alpha value is -1.87. The number of hydrogen-bond donors (Lipinski definition) is 0. The zero-order chi connectivity index (χ0) is 21.0. The molecule has 2 aromatic carbocycles. The van der Waals surface area contributed by atoms with Gasteiger partial charge in [0.25, 0.3) is 0 Å². The Morgan fingerprint density at radius 1 is 1.07 bits per heavy atom. The first-order valence-corrected chi connectivity index (χ1v) is 12.0. The summed E-state index contributed by atoms with van der Waals surface area (Å²) in [5, 5.41) is 10.0. The van der Waals surface area contributed by atoms with E-state index in [0.29, 0.717) is 29.5 Å². The van der Waals surface area contributed by atoms with E-state index >= 15 is 0 Å². The number of rotatable bonds is 8. The maximum absolute atomic E-state index is 12.8. The van der Waals surface area contributed by atoms with Gasteiger partial charge in [-0.25, -0.2) is 8.42 Å². The molecule has 0 N–H and O–H groups in total. The lowest BCUT2D eigenvalue weighted by molar-refractivity contribution is 0.445. The zero-order valence-electron chi connectivity index (χ0n) is 16.5. The standard InChI is InChI=1S/C20H23ClN4O2S2/c1-4-25(5-2)29(26,27)18-8-6-7-16(13-18)19-22-23-20(24(19)3)28-14-15-9-11-17(21)12-10-15/h6-13H,4-5,14H2,1-3H3. The lowest BCUT2D eigenvalue weighted by Gasteiger charge is -2.18. The first-order chi connectivity index (χ1) is 13.9. The largest absolute Gasteiger partial charge is 0.305 e. The summed E-state index contributed by atoms with van der Waals surface area (Å²) in [7, 11) is -1.65. The lowest BCUT2D eigenvalue weighted by atomic mass is 10.2. The van der Waals surface area contributed by atoms with Gasteiger partial charge in [-0.1, -0.05) is 61.5 Å². The summed E-state index contributed by atoms with van der Waals surface area (Å²) >= 11 is 7.49. The summed E-state index contributed by atoms with van der Waals surface area (Å²) in [6, 6.07) is 14.5. The van der Waals surface area contributed by atoms with E-state index in [2.05, 4.69) is 10.2 Å². The lowest BCUT2D eigenvalue weighted by Crippen LogP contribution is -2.30. The molecule has 0 aliphatic heterocycles. The van der Waals surface area contributed by atoms with E-state index in [1.807, 2.05) is 55.8 Å². The predicted molar refractivity (Wildman–Crippen MR) is 118 cm³/mol. The highest BCUT2D eigenvalue weighted by atomic mass is 35.5. The van der Waals surface area contributed by atoms with Gasteiger partial charge in [0.05, 0.1) is 4.90 Å². The van der Waals surface area contributed by atoms with Crippen LogP contribution in [-0.4, -0.2) is 40.6 Å². The Labute approximate surface area is 181 Å². The van der Waals surface area contributed by atoms with Crippen molar-refractivity contribution in [2.75, 3.05) is 13.1 Å². The molecule has 1 aromatic heterocycles. The molecule has 6 nitrogen and oxygen atoms in total. The molecule has 0 radical (unpaired) electrons. The van der Waals surface area contributed by atoms with E-state index in [0.717, 1.165) is 16.5 Å². The molecular weight excluding hydrogens is 428 g/mol. The van der Waals surface area contributed by atoms with Crippen LogP contribution in [0.3, 0.4) is 0 Å². The highest BCUT2D eigenvalue weighted by Gasteiger charge is 2.22. The van der Waals surface area contributed by atoms with Crippen LogP contribution >= 0.6 is 23.4 Å². The van der Waals surface area contributed by atoms with Crippen LogP contribution in [-0.2, 0) is 22.8 Å². The minimum Gasteiger partial charge on any atom is -0.305 e. The molecule has 3 rings (SSSR count). The average Bonchev–Trinajstić information content (AvgIpc) is 3.09. The second-order valence-corrected chi connectivity index (χ2v) is 9.71. The highest BCUT2D eigenvalue weighted by molar-refractivity contribution is 7.98. The van der Waals surface area contributed by atoms with Crippen LogP contribution in [0.4, 0.5) is 0 Å². The van der Waals surface area contributed by atoms with E-state index in [1.165, 1.54) is 4.31 Å². The zero-order valence-corrected chi connectivity index (χ0v) is 18.9. The van der Waals surface area contributed by atoms with Crippen molar-refractivity contribution >= 4 is 33.4 Å². The van der Waals surface area contributed by atoms with E-state index in [1.54, 1.807) is 30.0 Å². The Bertz CT molecular complexity index is 1080. The van der Waals surface area contributed by atoms with Crippen molar-refractivity contribution in [3.05, 3.63) is 59.1 Å². The third-order valence-corrected chi connectivity index (χ3v) is 7.94. The molecule has 0 saturated carbocycles. The van der Waals surface area contributed by atoms with Gasteiger partial charge < -0.3 is 4.57 Å². The SMILES string of the molecule is CCN(CC)S(=O)(=O)c1cccc(-c2nnc(SCc3ccc(Cl)cc3)n2C)c1. The minimum absolute atomic E-state index is 0.261. The third kappa shape index (κ3) is 4.83. The van der Waals surface area contributed by atoms with Crippen LogP contribution in [0.25, 0.3) is 11.4 Å². The second kappa shape index (κ2) is 9.30. The number of sulfonamides is 1. The Balaban J connectivity index is 1.84. The molecular formula is C20H23ClN4O2S2. The van der Waals surface area contributed by atoms with Crippen molar-refractivity contribution in [2.24, 2.45) is 7.05 Å². The van der Waals surface area contributed by atoms with Crippen molar-refractivity contribution in [3.63, 3.8) is 0 Å². The van der Waals surface area contributed by atoms with E-state index in [9.17, 15) is 8.42 Å². The second-order valence-electron chi connectivity index (χ2n) is 6.40. The van der Waals surface area contributed by atoms with Crippen molar-refractivity contribution in [3.8, 4) is 11.4 Å². The van der Waals surface area contributed by atoms with Crippen LogP contribution in [0.2, 0.25) is 5.02 Å². The van der Waals surface area contributed by atoms with Gasteiger partial charge in [-0.2, -0.15) is 4.31 Å². The monoisotopic (exact) mass is 450 g/mol. The Morgan fingerprint density at radius 3 is 2.41 bits per heavy atom. The van der Waals surface area contributed by atoms with Gasteiger partial charge in [0.15, 0.2) is 11.0 Å². The molecule has 154 valence electrons. The average molecular weight is 451 g/mol. The van der Waals surface area contributed by atoms with Gasteiger partial charge in [0.2, 0.25) is 10.0 Å². The third-order valence-electron chi connectivity index (χ3n) is 4.55. The number of halogens is 1. The molecule has 0 bridgehead atoms. The number of hydrogen-bond acceptors (Lipinski definition) is 5. The molecule has 9 heteroatoms. The molecule has 0 aliphatic rings. The summed E-state index contributed by atoms with van der Waals surface area (Å²) in [6.45, 7) is 4.52. The maximum Gasteiger partial charge on any atom is 0.243 e. The molecule has 1 heterocycles. The quantitative estimate of drug-likeness (QED) is 0.474. The van der Waals surface area contributed by atoms with E-state index < -0.39 is 10.0 Å².